The highest BCUT2D eigenvalue weighted by atomic mass is 16.5. The van der Waals surface area contributed by atoms with Crippen molar-refractivity contribution in [3.05, 3.63) is 0 Å². The highest BCUT2D eigenvalue weighted by molar-refractivity contribution is 5.76. The maximum Gasteiger partial charge on any atom is 0.311 e. The standard InChI is InChI=1S/C21H36O4/c1-15(2)13-25-20(23)21(4)10-9-17(12-21)11-16(3)14-24-19(22)18-7-5-6-8-18/h15-18H,5-14H2,1-4H3. The van der Waals surface area contributed by atoms with Gasteiger partial charge in [0.25, 0.3) is 0 Å². The molecular weight excluding hydrogens is 316 g/mol. The van der Waals surface area contributed by atoms with Crippen molar-refractivity contribution in [1.29, 1.82) is 0 Å². The number of hydrogen-bond acceptors (Lipinski definition) is 4. The second kappa shape index (κ2) is 9.05. The molecule has 0 aliphatic heterocycles. The van der Waals surface area contributed by atoms with Gasteiger partial charge in [-0.15, -0.1) is 0 Å². The molecule has 144 valence electrons. The van der Waals surface area contributed by atoms with Crippen LogP contribution in [0, 0.1) is 29.1 Å². The van der Waals surface area contributed by atoms with Gasteiger partial charge in [0.2, 0.25) is 0 Å². The van der Waals surface area contributed by atoms with E-state index < -0.39 is 0 Å². The predicted molar refractivity (Wildman–Crippen MR) is 97.9 cm³/mol. The van der Waals surface area contributed by atoms with Crippen LogP contribution in [0.1, 0.15) is 79.1 Å². The lowest BCUT2D eigenvalue weighted by Crippen LogP contribution is -2.28. The average molecular weight is 353 g/mol. The van der Waals surface area contributed by atoms with Crippen molar-refractivity contribution in [2.45, 2.75) is 79.1 Å². The first-order valence-electron chi connectivity index (χ1n) is 10.1. The van der Waals surface area contributed by atoms with E-state index in [9.17, 15) is 9.59 Å². The van der Waals surface area contributed by atoms with Crippen molar-refractivity contribution >= 4 is 11.9 Å². The minimum Gasteiger partial charge on any atom is -0.465 e. The highest BCUT2D eigenvalue weighted by Gasteiger charge is 2.42. The summed E-state index contributed by atoms with van der Waals surface area (Å²) in [4.78, 5) is 24.4. The zero-order chi connectivity index (χ0) is 18.4. The molecule has 0 aromatic carbocycles. The fourth-order valence-electron chi connectivity index (χ4n) is 4.31. The molecule has 0 N–H and O–H groups in total. The summed E-state index contributed by atoms with van der Waals surface area (Å²) in [6.45, 7) is 9.32. The molecule has 2 rings (SSSR count). The molecule has 0 aromatic rings. The minimum absolute atomic E-state index is 0.00197. The lowest BCUT2D eigenvalue weighted by atomic mass is 9.86. The molecule has 2 fully saturated rings. The van der Waals surface area contributed by atoms with E-state index in [1.165, 1.54) is 0 Å². The van der Waals surface area contributed by atoms with Crippen molar-refractivity contribution < 1.29 is 19.1 Å². The molecule has 0 heterocycles. The number of rotatable bonds is 8. The van der Waals surface area contributed by atoms with Gasteiger partial charge in [-0.05, 0) is 63.2 Å². The van der Waals surface area contributed by atoms with Crippen LogP contribution >= 0.6 is 0 Å². The number of esters is 2. The number of carbonyl (C=O) groups excluding carboxylic acids is 2. The van der Waals surface area contributed by atoms with Crippen LogP contribution in [0.3, 0.4) is 0 Å². The summed E-state index contributed by atoms with van der Waals surface area (Å²) in [7, 11) is 0. The van der Waals surface area contributed by atoms with E-state index in [4.69, 9.17) is 9.47 Å². The number of ether oxygens (including phenoxy) is 2. The highest BCUT2D eigenvalue weighted by Crippen LogP contribution is 2.44. The van der Waals surface area contributed by atoms with Gasteiger partial charge in [-0.25, -0.2) is 0 Å². The second-order valence-electron chi connectivity index (χ2n) is 9.11. The van der Waals surface area contributed by atoms with E-state index in [0.717, 1.165) is 51.4 Å². The van der Waals surface area contributed by atoms with Crippen LogP contribution in [-0.4, -0.2) is 25.2 Å². The summed E-state index contributed by atoms with van der Waals surface area (Å²) in [5.41, 5.74) is -0.334. The van der Waals surface area contributed by atoms with Crippen LogP contribution in [-0.2, 0) is 19.1 Å². The monoisotopic (exact) mass is 352 g/mol. The fourth-order valence-corrected chi connectivity index (χ4v) is 4.31. The Bertz CT molecular complexity index is 453. The van der Waals surface area contributed by atoms with Crippen LogP contribution in [0.4, 0.5) is 0 Å². The molecule has 0 aromatic heterocycles. The first kappa shape index (κ1) is 20.3. The Morgan fingerprint density at radius 1 is 1.04 bits per heavy atom. The molecule has 4 nitrogen and oxygen atoms in total. The maximum absolute atomic E-state index is 12.4. The summed E-state index contributed by atoms with van der Waals surface area (Å²) >= 11 is 0. The van der Waals surface area contributed by atoms with Crippen molar-refractivity contribution in [2.75, 3.05) is 13.2 Å². The maximum atomic E-state index is 12.4. The molecule has 3 unspecified atom stereocenters. The Hall–Kier alpha value is -1.06. The molecule has 2 aliphatic carbocycles. The molecule has 0 radical (unpaired) electrons. The third-order valence-corrected chi connectivity index (χ3v) is 5.82. The first-order valence-corrected chi connectivity index (χ1v) is 10.1. The second-order valence-corrected chi connectivity index (χ2v) is 9.11. The summed E-state index contributed by atoms with van der Waals surface area (Å²) in [6, 6.07) is 0. The van der Waals surface area contributed by atoms with E-state index in [1.54, 1.807) is 0 Å². The van der Waals surface area contributed by atoms with Crippen LogP contribution in [0.15, 0.2) is 0 Å². The van der Waals surface area contributed by atoms with Gasteiger partial charge in [-0.2, -0.15) is 0 Å². The molecule has 2 saturated carbocycles. The van der Waals surface area contributed by atoms with Crippen LogP contribution in [0.5, 0.6) is 0 Å². The van der Waals surface area contributed by atoms with Crippen molar-refractivity contribution in [3.8, 4) is 0 Å². The van der Waals surface area contributed by atoms with Gasteiger partial charge in [0.05, 0.1) is 24.5 Å². The van der Waals surface area contributed by atoms with E-state index in [-0.39, 0.29) is 23.3 Å². The zero-order valence-corrected chi connectivity index (χ0v) is 16.5. The summed E-state index contributed by atoms with van der Waals surface area (Å²) in [5, 5.41) is 0. The topological polar surface area (TPSA) is 52.6 Å². The largest absolute Gasteiger partial charge is 0.465 e. The van der Waals surface area contributed by atoms with Gasteiger partial charge in [0.1, 0.15) is 0 Å². The molecule has 0 bridgehead atoms. The molecule has 0 spiro atoms. The predicted octanol–water partition coefficient (Wildman–Crippen LogP) is 4.75. The Labute approximate surface area is 153 Å². The van der Waals surface area contributed by atoms with Gasteiger partial charge in [-0.3, -0.25) is 9.59 Å². The Balaban J connectivity index is 1.70. The van der Waals surface area contributed by atoms with Crippen LogP contribution < -0.4 is 0 Å². The average Bonchev–Trinajstić information content (AvgIpc) is 3.21. The summed E-state index contributed by atoms with van der Waals surface area (Å²) in [6.07, 6.45) is 8.18. The summed E-state index contributed by atoms with van der Waals surface area (Å²) in [5.74, 6) is 1.35. The molecule has 25 heavy (non-hydrogen) atoms. The van der Waals surface area contributed by atoms with Crippen molar-refractivity contribution in [2.24, 2.45) is 29.1 Å². The molecule has 0 amide bonds. The van der Waals surface area contributed by atoms with Crippen LogP contribution in [0.2, 0.25) is 0 Å². The zero-order valence-electron chi connectivity index (χ0n) is 16.5. The Morgan fingerprint density at radius 3 is 2.36 bits per heavy atom. The Morgan fingerprint density at radius 2 is 1.72 bits per heavy atom. The van der Waals surface area contributed by atoms with Gasteiger partial charge >= 0.3 is 11.9 Å². The van der Waals surface area contributed by atoms with Crippen molar-refractivity contribution in [3.63, 3.8) is 0 Å². The van der Waals surface area contributed by atoms with Gasteiger partial charge in [-0.1, -0.05) is 33.6 Å². The molecular formula is C21H36O4. The smallest absolute Gasteiger partial charge is 0.311 e. The molecule has 0 saturated heterocycles. The third kappa shape index (κ3) is 6.00. The van der Waals surface area contributed by atoms with Gasteiger partial charge in [0, 0.05) is 0 Å². The van der Waals surface area contributed by atoms with E-state index in [1.807, 2.05) is 6.92 Å². The minimum atomic E-state index is -0.334. The van der Waals surface area contributed by atoms with E-state index >= 15 is 0 Å². The third-order valence-electron chi connectivity index (χ3n) is 5.82. The number of hydrogen-bond donors (Lipinski definition) is 0. The first-order chi connectivity index (χ1) is 11.8. The van der Waals surface area contributed by atoms with Crippen LogP contribution in [0.25, 0.3) is 0 Å². The fraction of sp³-hybridized carbons (Fsp3) is 0.905. The van der Waals surface area contributed by atoms with E-state index in [2.05, 4.69) is 20.8 Å². The van der Waals surface area contributed by atoms with Gasteiger partial charge in [0.15, 0.2) is 0 Å². The number of carbonyl (C=O) groups is 2. The molecule has 3 atom stereocenters. The molecule has 2 aliphatic rings. The van der Waals surface area contributed by atoms with E-state index in [0.29, 0.717) is 31.0 Å². The lowest BCUT2D eigenvalue weighted by Gasteiger charge is -2.23. The SMILES string of the molecule is CC(C)COC(=O)C1(C)CCC(CC(C)COC(=O)C2CCCC2)C1. The normalized spacial score (nSPS) is 28.3. The summed E-state index contributed by atoms with van der Waals surface area (Å²) < 4.78 is 11.0. The molecule has 4 heteroatoms. The van der Waals surface area contributed by atoms with Gasteiger partial charge < -0.3 is 9.47 Å². The Kier molecular flexibility index (Phi) is 7.33. The lowest BCUT2D eigenvalue weighted by molar-refractivity contribution is -0.155. The quantitative estimate of drug-likeness (QED) is 0.591. The van der Waals surface area contributed by atoms with Crippen molar-refractivity contribution in [1.82, 2.24) is 0 Å².